The fourth-order valence-corrected chi connectivity index (χ4v) is 1.92. The Kier molecular flexibility index (Phi) is 3.02. The van der Waals surface area contributed by atoms with Gasteiger partial charge in [0.2, 0.25) is 0 Å². The van der Waals surface area contributed by atoms with Crippen LogP contribution >= 0.6 is 0 Å². The summed E-state index contributed by atoms with van der Waals surface area (Å²) in [6.45, 7) is 1.89. The molecule has 17 heavy (non-hydrogen) atoms. The topological polar surface area (TPSA) is 49.8 Å². The van der Waals surface area contributed by atoms with Gasteiger partial charge in [-0.15, -0.1) is 0 Å². The monoisotopic (exact) mass is 239 g/mol. The number of carbonyl (C=O) groups excluding carboxylic acids is 1. The van der Waals surface area contributed by atoms with Crippen LogP contribution in [0.5, 0.6) is 0 Å². The zero-order valence-electron chi connectivity index (χ0n) is 9.52. The second-order valence-electron chi connectivity index (χ2n) is 4.33. The molecule has 1 amide bonds. The van der Waals surface area contributed by atoms with Gasteiger partial charge in [-0.1, -0.05) is 12.1 Å². The Bertz CT molecular complexity index is 438. The summed E-state index contributed by atoms with van der Waals surface area (Å²) in [6.07, 6.45) is -0.241. The summed E-state index contributed by atoms with van der Waals surface area (Å²) >= 11 is 0. The molecular weight excluding hydrogens is 225 g/mol. The zero-order chi connectivity index (χ0) is 12.5. The molecule has 0 saturated carbocycles. The fraction of sp³-hybridized carbons (Fsp3) is 0.417. The maximum absolute atomic E-state index is 13.6. The molecule has 0 aromatic heterocycles. The number of cyclic esters (lactones) is 1. The molecule has 1 heterocycles. The first-order chi connectivity index (χ1) is 8.06. The van der Waals surface area contributed by atoms with E-state index in [1.165, 1.54) is 17.0 Å². The number of aliphatic hydroxyl groups excluding tert-OH is 1. The Morgan fingerprint density at radius 2 is 2.24 bits per heavy atom. The first-order valence-electron chi connectivity index (χ1n) is 5.42. The normalized spacial score (nSPS) is 23.9. The first kappa shape index (κ1) is 11.9. The number of hydrogen-bond acceptors (Lipinski definition) is 3. The highest BCUT2D eigenvalue weighted by atomic mass is 19.1. The van der Waals surface area contributed by atoms with E-state index in [0.717, 1.165) is 0 Å². The van der Waals surface area contributed by atoms with Gasteiger partial charge in [-0.25, -0.2) is 9.18 Å². The second kappa shape index (κ2) is 4.33. The largest absolute Gasteiger partial charge is 0.441 e. The molecular formula is C12H14FNO3. The molecule has 1 fully saturated rings. The number of carbonyl (C=O) groups is 1. The number of hydrogen-bond donors (Lipinski definition) is 1. The van der Waals surface area contributed by atoms with E-state index >= 15 is 0 Å². The summed E-state index contributed by atoms with van der Waals surface area (Å²) in [5, 5.41) is 8.91. The number of ether oxygens (including phenoxy) is 1. The molecule has 1 saturated heterocycles. The minimum absolute atomic E-state index is 0.0745. The molecule has 0 bridgehead atoms. The predicted octanol–water partition coefficient (Wildman–Crippen LogP) is 1.92. The molecule has 5 heteroatoms. The highest BCUT2D eigenvalue weighted by Crippen LogP contribution is 2.31. The van der Waals surface area contributed by atoms with E-state index in [1.807, 2.05) is 0 Å². The predicted molar refractivity (Wildman–Crippen MR) is 60.3 cm³/mol. The lowest BCUT2D eigenvalue weighted by molar-refractivity contribution is 0.0502. The SMILES string of the molecule is CC1(CCO)CN(c2ccccc2F)C(=O)O1. The fourth-order valence-electron chi connectivity index (χ4n) is 1.92. The van der Waals surface area contributed by atoms with Gasteiger partial charge in [-0.2, -0.15) is 0 Å². The number of aliphatic hydroxyl groups is 1. The van der Waals surface area contributed by atoms with Gasteiger partial charge < -0.3 is 9.84 Å². The van der Waals surface area contributed by atoms with Gasteiger partial charge in [-0.05, 0) is 19.1 Å². The van der Waals surface area contributed by atoms with Crippen LogP contribution in [0.2, 0.25) is 0 Å². The van der Waals surface area contributed by atoms with E-state index in [9.17, 15) is 9.18 Å². The van der Waals surface area contributed by atoms with Gasteiger partial charge in [0.15, 0.2) is 0 Å². The van der Waals surface area contributed by atoms with E-state index in [4.69, 9.17) is 9.84 Å². The van der Waals surface area contributed by atoms with Crippen LogP contribution in [0.15, 0.2) is 24.3 Å². The third kappa shape index (κ3) is 2.24. The number of halogens is 1. The van der Waals surface area contributed by atoms with Crippen molar-refractivity contribution < 1.29 is 19.0 Å². The first-order valence-corrected chi connectivity index (χ1v) is 5.42. The molecule has 2 rings (SSSR count). The number of anilines is 1. The van der Waals surface area contributed by atoms with Crippen molar-refractivity contribution in [2.75, 3.05) is 18.1 Å². The molecule has 1 aliphatic heterocycles. The van der Waals surface area contributed by atoms with Crippen molar-refractivity contribution in [3.05, 3.63) is 30.1 Å². The van der Waals surface area contributed by atoms with Gasteiger partial charge in [0.25, 0.3) is 0 Å². The zero-order valence-corrected chi connectivity index (χ0v) is 9.52. The quantitative estimate of drug-likeness (QED) is 0.876. The summed E-state index contributed by atoms with van der Waals surface area (Å²) in [6, 6.07) is 6.05. The van der Waals surface area contributed by atoms with E-state index < -0.39 is 17.5 Å². The summed E-state index contributed by atoms with van der Waals surface area (Å²) in [4.78, 5) is 12.9. The molecule has 1 atom stereocenters. The van der Waals surface area contributed by atoms with E-state index in [-0.39, 0.29) is 18.8 Å². The van der Waals surface area contributed by atoms with Crippen LogP contribution in [0.4, 0.5) is 14.9 Å². The smallest absolute Gasteiger partial charge is 0.415 e. The van der Waals surface area contributed by atoms with Gasteiger partial charge in [0, 0.05) is 13.0 Å². The Balaban J connectivity index is 2.25. The van der Waals surface area contributed by atoms with Crippen LogP contribution in [-0.4, -0.2) is 30.0 Å². The van der Waals surface area contributed by atoms with Crippen LogP contribution in [0, 0.1) is 5.82 Å². The van der Waals surface area contributed by atoms with E-state index in [0.29, 0.717) is 6.42 Å². The molecule has 0 aliphatic carbocycles. The number of nitrogens with zero attached hydrogens (tertiary/aromatic N) is 1. The van der Waals surface area contributed by atoms with Crippen molar-refractivity contribution in [2.45, 2.75) is 18.9 Å². The Morgan fingerprint density at radius 1 is 1.53 bits per heavy atom. The average molecular weight is 239 g/mol. The second-order valence-corrected chi connectivity index (χ2v) is 4.33. The van der Waals surface area contributed by atoms with Crippen molar-refractivity contribution in [3.8, 4) is 0 Å². The number of para-hydroxylation sites is 1. The summed E-state index contributed by atoms with van der Waals surface area (Å²) in [5.41, 5.74) is -0.548. The Labute approximate surface area is 98.6 Å². The lowest BCUT2D eigenvalue weighted by Crippen LogP contribution is -2.32. The van der Waals surface area contributed by atoms with Gasteiger partial charge in [0.05, 0.1) is 12.2 Å². The maximum atomic E-state index is 13.6. The molecule has 1 unspecified atom stereocenters. The third-order valence-electron chi connectivity index (χ3n) is 2.83. The van der Waals surface area contributed by atoms with Crippen molar-refractivity contribution in [3.63, 3.8) is 0 Å². The highest BCUT2D eigenvalue weighted by molar-refractivity contribution is 5.90. The van der Waals surface area contributed by atoms with Gasteiger partial charge >= 0.3 is 6.09 Å². The standard InChI is InChI=1S/C12H14FNO3/c1-12(6-7-15)8-14(11(16)17-12)10-5-3-2-4-9(10)13/h2-5,15H,6-8H2,1H3. The summed E-state index contributed by atoms with van der Waals surface area (Å²) in [7, 11) is 0. The number of rotatable bonds is 3. The lowest BCUT2D eigenvalue weighted by atomic mass is 10.0. The molecule has 0 radical (unpaired) electrons. The Morgan fingerprint density at radius 3 is 2.88 bits per heavy atom. The highest BCUT2D eigenvalue weighted by Gasteiger charge is 2.42. The van der Waals surface area contributed by atoms with Gasteiger partial charge in [0.1, 0.15) is 11.4 Å². The molecule has 0 spiro atoms. The van der Waals surface area contributed by atoms with Crippen molar-refractivity contribution in [1.29, 1.82) is 0 Å². The summed E-state index contributed by atoms with van der Waals surface area (Å²) < 4.78 is 18.7. The van der Waals surface area contributed by atoms with Crippen LogP contribution in [0.25, 0.3) is 0 Å². The molecule has 1 aliphatic rings. The minimum Gasteiger partial charge on any atom is -0.441 e. The number of benzene rings is 1. The third-order valence-corrected chi connectivity index (χ3v) is 2.83. The Hall–Kier alpha value is -1.62. The van der Waals surface area contributed by atoms with Crippen LogP contribution in [0.1, 0.15) is 13.3 Å². The van der Waals surface area contributed by atoms with Crippen LogP contribution < -0.4 is 4.90 Å². The van der Waals surface area contributed by atoms with Gasteiger partial charge in [-0.3, -0.25) is 4.90 Å². The average Bonchev–Trinajstić information content (AvgIpc) is 2.55. The van der Waals surface area contributed by atoms with Crippen molar-refractivity contribution in [2.24, 2.45) is 0 Å². The minimum atomic E-state index is -0.756. The number of amides is 1. The van der Waals surface area contributed by atoms with E-state index in [2.05, 4.69) is 0 Å². The molecule has 1 aromatic carbocycles. The van der Waals surface area contributed by atoms with E-state index in [1.54, 1.807) is 19.1 Å². The maximum Gasteiger partial charge on any atom is 0.415 e. The van der Waals surface area contributed by atoms with Crippen LogP contribution in [-0.2, 0) is 4.74 Å². The molecule has 1 aromatic rings. The van der Waals surface area contributed by atoms with Crippen LogP contribution in [0.3, 0.4) is 0 Å². The van der Waals surface area contributed by atoms with Crippen molar-refractivity contribution >= 4 is 11.8 Å². The summed E-state index contributed by atoms with van der Waals surface area (Å²) in [5.74, 6) is -0.460. The molecule has 1 N–H and O–H groups in total. The van der Waals surface area contributed by atoms with Crippen molar-refractivity contribution in [1.82, 2.24) is 0 Å². The lowest BCUT2D eigenvalue weighted by Gasteiger charge is -2.20. The molecule has 4 nitrogen and oxygen atoms in total. The molecule has 92 valence electrons.